The van der Waals surface area contributed by atoms with Gasteiger partial charge in [-0.05, 0) is 18.6 Å². The highest BCUT2D eigenvalue weighted by Crippen LogP contribution is 2.24. The third-order valence-electron chi connectivity index (χ3n) is 3.43. The maximum atomic E-state index is 9.36. The van der Waals surface area contributed by atoms with Gasteiger partial charge in [-0.2, -0.15) is 0 Å². The van der Waals surface area contributed by atoms with Crippen molar-refractivity contribution in [2.45, 2.75) is 13.5 Å². The van der Waals surface area contributed by atoms with Gasteiger partial charge in [-0.3, -0.25) is 0 Å². The van der Waals surface area contributed by atoms with Gasteiger partial charge in [0, 0.05) is 18.8 Å². The van der Waals surface area contributed by atoms with Crippen LogP contribution >= 0.6 is 0 Å². The molecule has 0 unspecified atom stereocenters. The van der Waals surface area contributed by atoms with E-state index in [-0.39, 0.29) is 6.61 Å². The third kappa shape index (κ3) is 2.87. The lowest BCUT2D eigenvalue weighted by atomic mass is 10.2. The van der Waals surface area contributed by atoms with Gasteiger partial charge >= 0.3 is 0 Å². The second kappa shape index (κ2) is 5.93. The molecule has 3 rings (SSSR count). The number of fused-ring (bicyclic) bond motifs is 1. The summed E-state index contributed by atoms with van der Waals surface area (Å²) >= 11 is 0. The van der Waals surface area contributed by atoms with E-state index < -0.39 is 0 Å². The van der Waals surface area contributed by atoms with Gasteiger partial charge in [0.15, 0.2) is 0 Å². The Balaban J connectivity index is 1.99. The maximum Gasteiger partial charge on any atom is 0.143 e. The molecular weight excluding hydrogens is 264 g/mol. The van der Waals surface area contributed by atoms with Crippen LogP contribution in [-0.2, 0) is 6.54 Å². The Bertz CT molecular complexity index is 723. The van der Waals surface area contributed by atoms with Gasteiger partial charge in [0.1, 0.15) is 17.8 Å². The zero-order valence-electron chi connectivity index (χ0n) is 12.0. The molecule has 0 saturated carbocycles. The fourth-order valence-corrected chi connectivity index (χ4v) is 2.49. The molecule has 0 aliphatic rings. The number of aromatic amines is 1. The maximum absolute atomic E-state index is 9.36. The lowest BCUT2D eigenvalue weighted by molar-refractivity contribution is 0.301. The van der Waals surface area contributed by atoms with E-state index in [9.17, 15) is 5.11 Å². The van der Waals surface area contributed by atoms with Crippen molar-refractivity contribution in [1.82, 2.24) is 15.0 Å². The number of H-pyrrole nitrogens is 1. The molecule has 2 heterocycles. The molecule has 1 aromatic carbocycles. The van der Waals surface area contributed by atoms with Crippen LogP contribution in [0.3, 0.4) is 0 Å². The summed E-state index contributed by atoms with van der Waals surface area (Å²) in [6.07, 6.45) is 1.56. The normalized spacial score (nSPS) is 11.0. The first-order valence-corrected chi connectivity index (χ1v) is 6.98. The van der Waals surface area contributed by atoms with Crippen LogP contribution in [0.4, 0.5) is 5.82 Å². The third-order valence-corrected chi connectivity index (χ3v) is 3.43. The number of nitrogens with one attached hydrogen (secondary N) is 1. The molecule has 5 nitrogen and oxygen atoms in total. The molecule has 0 aliphatic carbocycles. The number of aliphatic hydroxyl groups is 1. The predicted molar refractivity (Wildman–Crippen MR) is 83.2 cm³/mol. The van der Waals surface area contributed by atoms with Crippen LogP contribution in [0.1, 0.15) is 11.3 Å². The van der Waals surface area contributed by atoms with Crippen LogP contribution in [0, 0.1) is 6.92 Å². The topological polar surface area (TPSA) is 65.0 Å². The lowest BCUT2D eigenvalue weighted by Gasteiger charge is -2.23. The first kappa shape index (κ1) is 13.6. The van der Waals surface area contributed by atoms with Gasteiger partial charge in [-0.25, -0.2) is 9.97 Å². The summed E-state index contributed by atoms with van der Waals surface area (Å²) in [5.74, 6) is 0.849. The highest BCUT2D eigenvalue weighted by Gasteiger charge is 2.14. The fraction of sp³-hybridized carbons (Fsp3) is 0.250. The molecule has 0 bridgehead atoms. The first-order chi connectivity index (χ1) is 10.3. The van der Waals surface area contributed by atoms with Crippen molar-refractivity contribution >= 4 is 16.9 Å². The number of hydrogen-bond donors (Lipinski definition) is 2. The van der Waals surface area contributed by atoms with Crippen molar-refractivity contribution in [1.29, 1.82) is 0 Å². The molecule has 108 valence electrons. The average Bonchev–Trinajstić information content (AvgIpc) is 2.88. The van der Waals surface area contributed by atoms with Gasteiger partial charge in [0.25, 0.3) is 0 Å². The van der Waals surface area contributed by atoms with Crippen LogP contribution < -0.4 is 4.90 Å². The van der Waals surface area contributed by atoms with E-state index in [1.54, 1.807) is 6.33 Å². The van der Waals surface area contributed by atoms with Crippen molar-refractivity contribution in [2.75, 3.05) is 18.1 Å². The van der Waals surface area contributed by atoms with Crippen LogP contribution in [0.15, 0.2) is 42.7 Å². The van der Waals surface area contributed by atoms with Crippen molar-refractivity contribution < 1.29 is 5.11 Å². The van der Waals surface area contributed by atoms with Crippen molar-refractivity contribution in [2.24, 2.45) is 0 Å². The highest BCUT2D eigenvalue weighted by atomic mass is 16.3. The van der Waals surface area contributed by atoms with E-state index in [4.69, 9.17) is 0 Å². The molecular formula is C16H18N4O. The molecule has 0 saturated heterocycles. The summed E-state index contributed by atoms with van der Waals surface area (Å²) in [7, 11) is 0. The van der Waals surface area contributed by atoms with Crippen molar-refractivity contribution in [3.05, 3.63) is 54.0 Å². The van der Waals surface area contributed by atoms with Gasteiger partial charge in [-0.15, -0.1) is 0 Å². The number of anilines is 1. The van der Waals surface area contributed by atoms with E-state index in [0.717, 1.165) is 22.5 Å². The first-order valence-electron chi connectivity index (χ1n) is 6.98. The fourth-order valence-electron chi connectivity index (χ4n) is 2.49. The van der Waals surface area contributed by atoms with E-state index >= 15 is 0 Å². The lowest BCUT2D eigenvalue weighted by Crippen LogP contribution is -2.27. The molecule has 0 amide bonds. The summed E-state index contributed by atoms with van der Waals surface area (Å²) in [6, 6.07) is 12.2. The summed E-state index contributed by atoms with van der Waals surface area (Å²) in [6.45, 7) is 3.32. The molecule has 2 aromatic heterocycles. The molecule has 5 heteroatoms. The predicted octanol–water partition coefficient (Wildman–Crippen LogP) is 2.27. The number of nitrogens with zero attached hydrogens (tertiary/aromatic N) is 3. The standard InChI is InChI=1S/C16H18N4O/c1-12-9-14-15(19-12)17-11-18-16(14)20(7-8-21)10-13-5-3-2-4-6-13/h2-6,9,11,21H,7-8,10H2,1H3,(H,17,18,19). The van der Waals surface area contributed by atoms with Crippen LogP contribution in [0.5, 0.6) is 0 Å². The van der Waals surface area contributed by atoms with Crippen LogP contribution in [0.25, 0.3) is 11.0 Å². The quantitative estimate of drug-likeness (QED) is 0.753. The second-order valence-electron chi connectivity index (χ2n) is 5.04. The second-order valence-corrected chi connectivity index (χ2v) is 5.04. The van der Waals surface area contributed by atoms with Crippen molar-refractivity contribution in [3.63, 3.8) is 0 Å². The number of aliphatic hydroxyl groups excluding tert-OH is 1. The Kier molecular flexibility index (Phi) is 3.83. The molecule has 3 aromatic rings. The molecule has 0 aliphatic heterocycles. The van der Waals surface area contributed by atoms with E-state index in [1.807, 2.05) is 31.2 Å². The van der Waals surface area contributed by atoms with Crippen molar-refractivity contribution in [3.8, 4) is 0 Å². The molecule has 0 radical (unpaired) electrons. The van der Waals surface area contributed by atoms with Gasteiger partial charge in [0.05, 0.1) is 12.0 Å². The Morgan fingerprint density at radius 2 is 2.00 bits per heavy atom. The minimum absolute atomic E-state index is 0.0851. The smallest absolute Gasteiger partial charge is 0.143 e. The average molecular weight is 282 g/mol. The number of benzene rings is 1. The molecule has 2 N–H and O–H groups in total. The summed E-state index contributed by atoms with van der Waals surface area (Å²) in [5, 5.41) is 10.3. The van der Waals surface area contributed by atoms with E-state index in [2.05, 4.69) is 32.0 Å². The molecule has 0 atom stereocenters. The molecule has 21 heavy (non-hydrogen) atoms. The van der Waals surface area contributed by atoms with Gasteiger partial charge in [-0.1, -0.05) is 30.3 Å². The Morgan fingerprint density at radius 1 is 1.19 bits per heavy atom. The van der Waals surface area contributed by atoms with Crippen LogP contribution in [0.2, 0.25) is 0 Å². The van der Waals surface area contributed by atoms with E-state index in [0.29, 0.717) is 13.1 Å². The summed E-state index contributed by atoms with van der Waals surface area (Å²) < 4.78 is 0. The Labute approximate surface area is 123 Å². The Morgan fingerprint density at radius 3 is 2.76 bits per heavy atom. The van der Waals surface area contributed by atoms with Gasteiger partial charge < -0.3 is 15.0 Å². The number of aryl methyl sites for hydroxylation is 1. The largest absolute Gasteiger partial charge is 0.395 e. The summed E-state index contributed by atoms with van der Waals surface area (Å²) in [4.78, 5) is 14.0. The Hall–Kier alpha value is -2.40. The minimum atomic E-state index is 0.0851. The molecule has 0 fully saturated rings. The summed E-state index contributed by atoms with van der Waals surface area (Å²) in [5.41, 5.74) is 3.06. The highest BCUT2D eigenvalue weighted by molar-refractivity contribution is 5.88. The van der Waals surface area contributed by atoms with E-state index in [1.165, 1.54) is 5.56 Å². The number of rotatable bonds is 5. The SMILES string of the molecule is Cc1cc2c(N(CCO)Cc3ccccc3)ncnc2[nH]1. The minimum Gasteiger partial charge on any atom is -0.395 e. The zero-order chi connectivity index (χ0) is 14.7. The number of aromatic nitrogens is 3. The monoisotopic (exact) mass is 282 g/mol. The number of hydrogen-bond acceptors (Lipinski definition) is 4. The molecule has 0 spiro atoms. The van der Waals surface area contributed by atoms with Crippen LogP contribution in [-0.4, -0.2) is 33.2 Å². The zero-order valence-corrected chi connectivity index (χ0v) is 12.0. The van der Waals surface area contributed by atoms with Gasteiger partial charge in [0.2, 0.25) is 0 Å².